The van der Waals surface area contributed by atoms with E-state index in [2.05, 4.69) is 11.9 Å². The van der Waals surface area contributed by atoms with Gasteiger partial charge in [0.15, 0.2) is 9.84 Å². The Hall–Kier alpha value is -1.66. The Morgan fingerprint density at radius 1 is 1.38 bits per heavy atom. The molecule has 0 fully saturated rings. The number of sulfone groups is 1. The van der Waals surface area contributed by atoms with Gasteiger partial charge in [0.1, 0.15) is 0 Å². The van der Waals surface area contributed by atoms with Gasteiger partial charge in [-0.2, -0.15) is 0 Å². The summed E-state index contributed by atoms with van der Waals surface area (Å²) < 4.78 is 22.8. The lowest BCUT2D eigenvalue weighted by molar-refractivity contribution is -0.122. The minimum absolute atomic E-state index is 0.00749. The highest BCUT2D eigenvalue weighted by molar-refractivity contribution is 7.90. The average molecular weight is 310 g/mol. The Bertz CT molecular complexity index is 594. The second kappa shape index (κ2) is 7.38. The summed E-state index contributed by atoms with van der Waals surface area (Å²) in [6.45, 7) is 6.23. The van der Waals surface area contributed by atoms with E-state index in [0.717, 1.165) is 5.56 Å². The van der Waals surface area contributed by atoms with Crippen molar-refractivity contribution < 1.29 is 13.2 Å². The molecular formula is C15H22N2O3S. The number of nitrogens with zero attached hydrogens (tertiary/aromatic N) is 1. The summed E-state index contributed by atoms with van der Waals surface area (Å²) in [5.74, 6) is -0.0722. The fraction of sp³-hybridized carbons (Fsp3) is 0.400. The number of hydrogen-bond donors (Lipinski definition) is 1. The number of likely N-dealkylation sites (N-methyl/N-ethyl adjacent to an activating group) is 1. The summed E-state index contributed by atoms with van der Waals surface area (Å²) in [6, 6.07) is 6.74. The van der Waals surface area contributed by atoms with Gasteiger partial charge in [-0.15, -0.1) is 6.58 Å². The van der Waals surface area contributed by atoms with Crippen LogP contribution in [0.4, 0.5) is 0 Å². The van der Waals surface area contributed by atoms with Crippen LogP contribution in [0.15, 0.2) is 41.8 Å². The molecule has 0 aromatic heterocycles. The highest BCUT2D eigenvalue weighted by Gasteiger charge is 2.15. The maximum atomic E-state index is 11.7. The van der Waals surface area contributed by atoms with Crippen molar-refractivity contribution >= 4 is 15.7 Å². The summed E-state index contributed by atoms with van der Waals surface area (Å²) in [5.41, 5.74) is 0.960. The molecule has 0 bridgehead atoms. The predicted molar refractivity (Wildman–Crippen MR) is 83.8 cm³/mol. The number of carbonyl (C=O) groups excluding carboxylic acids is 1. The maximum absolute atomic E-state index is 11.7. The molecule has 1 unspecified atom stereocenters. The molecule has 1 rings (SSSR count). The summed E-state index contributed by atoms with van der Waals surface area (Å²) >= 11 is 0. The van der Waals surface area contributed by atoms with Crippen molar-refractivity contribution in [1.82, 2.24) is 10.2 Å². The molecule has 0 aliphatic carbocycles. The standard InChI is InChI=1S/C15H22N2O3S/c1-5-10-16-15(18)11-17(3)12(2)13-6-8-14(9-7-13)21(4,19)20/h5-9,12H,1,10-11H2,2-4H3,(H,16,18). The van der Waals surface area contributed by atoms with Crippen LogP contribution in [0.5, 0.6) is 0 Å². The lowest BCUT2D eigenvalue weighted by atomic mass is 10.1. The molecular weight excluding hydrogens is 288 g/mol. The first-order valence-electron chi connectivity index (χ1n) is 6.63. The zero-order chi connectivity index (χ0) is 16.0. The molecule has 0 saturated carbocycles. The maximum Gasteiger partial charge on any atom is 0.234 e. The Morgan fingerprint density at radius 3 is 2.43 bits per heavy atom. The van der Waals surface area contributed by atoms with E-state index < -0.39 is 9.84 Å². The first-order chi connectivity index (χ1) is 9.75. The van der Waals surface area contributed by atoms with Gasteiger partial charge in [-0.05, 0) is 31.7 Å². The number of hydrogen-bond acceptors (Lipinski definition) is 4. The molecule has 5 nitrogen and oxygen atoms in total. The fourth-order valence-corrected chi connectivity index (χ4v) is 2.48. The monoisotopic (exact) mass is 310 g/mol. The van der Waals surface area contributed by atoms with Gasteiger partial charge in [-0.3, -0.25) is 9.69 Å². The van der Waals surface area contributed by atoms with Gasteiger partial charge >= 0.3 is 0 Å². The SMILES string of the molecule is C=CCNC(=O)CN(C)C(C)c1ccc(S(C)(=O)=O)cc1. The van der Waals surface area contributed by atoms with Crippen molar-refractivity contribution in [3.05, 3.63) is 42.5 Å². The van der Waals surface area contributed by atoms with Gasteiger partial charge in [0.05, 0.1) is 11.4 Å². The van der Waals surface area contributed by atoms with Crippen LogP contribution in [0, 0.1) is 0 Å². The molecule has 0 spiro atoms. The first kappa shape index (κ1) is 17.4. The zero-order valence-corrected chi connectivity index (χ0v) is 13.5. The van der Waals surface area contributed by atoms with Crippen molar-refractivity contribution in [3.8, 4) is 0 Å². The number of benzene rings is 1. The van der Waals surface area contributed by atoms with E-state index in [1.807, 2.05) is 18.9 Å². The second-order valence-corrected chi connectivity index (χ2v) is 7.04. The quantitative estimate of drug-likeness (QED) is 0.773. The summed E-state index contributed by atoms with van der Waals surface area (Å²) in [7, 11) is -1.33. The topological polar surface area (TPSA) is 66.5 Å². The van der Waals surface area contributed by atoms with Gasteiger partial charge in [-0.1, -0.05) is 18.2 Å². The minimum Gasteiger partial charge on any atom is -0.352 e. The molecule has 0 aliphatic rings. The number of rotatable bonds is 7. The van der Waals surface area contributed by atoms with Gasteiger partial charge in [0.25, 0.3) is 0 Å². The highest BCUT2D eigenvalue weighted by Crippen LogP contribution is 2.20. The Labute approximate surface area is 126 Å². The molecule has 0 saturated heterocycles. The summed E-state index contributed by atoms with van der Waals surface area (Å²) in [4.78, 5) is 13.8. The summed E-state index contributed by atoms with van der Waals surface area (Å²) in [5, 5.41) is 2.72. The van der Waals surface area contributed by atoms with Crippen LogP contribution in [0.3, 0.4) is 0 Å². The van der Waals surface area contributed by atoms with E-state index in [9.17, 15) is 13.2 Å². The molecule has 1 N–H and O–H groups in total. The van der Waals surface area contributed by atoms with Crippen molar-refractivity contribution in [2.45, 2.75) is 17.9 Å². The predicted octanol–water partition coefficient (Wildman–Crippen LogP) is 1.39. The number of carbonyl (C=O) groups is 1. The molecule has 21 heavy (non-hydrogen) atoms. The van der Waals surface area contributed by atoms with Gasteiger partial charge < -0.3 is 5.32 Å². The molecule has 6 heteroatoms. The Balaban J connectivity index is 2.72. The lowest BCUT2D eigenvalue weighted by Crippen LogP contribution is -2.36. The molecule has 0 radical (unpaired) electrons. The van der Waals surface area contributed by atoms with Crippen LogP contribution in [0.25, 0.3) is 0 Å². The van der Waals surface area contributed by atoms with Gasteiger partial charge in [0.2, 0.25) is 5.91 Å². The molecule has 1 atom stereocenters. The third-order valence-corrected chi connectivity index (χ3v) is 4.42. The molecule has 1 aromatic rings. The Morgan fingerprint density at radius 2 is 1.95 bits per heavy atom. The van der Waals surface area contributed by atoms with E-state index in [4.69, 9.17) is 0 Å². The third kappa shape index (κ3) is 5.32. The second-order valence-electron chi connectivity index (χ2n) is 5.03. The highest BCUT2D eigenvalue weighted by atomic mass is 32.2. The largest absolute Gasteiger partial charge is 0.352 e. The minimum atomic E-state index is -3.18. The van der Waals surface area contributed by atoms with E-state index in [1.54, 1.807) is 30.3 Å². The average Bonchev–Trinajstić information content (AvgIpc) is 2.43. The first-order valence-corrected chi connectivity index (χ1v) is 8.52. The van der Waals surface area contributed by atoms with E-state index in [-0.39, 0.29) is 18.5 Å². The molecule has 1 aromatic carbocycles. The number of amides is 1. The lowest BCUT2D eigenvalue weighted by Gasteiger charge is -2.24. The molecule has 1 amide bonds. The molecule has 0 heterocycles. The third-order valence-electron chi connectivity index (χ3n) is 3.29. The van der Waals surface area contributed by atoms with E-state index >= 15 is 0 Å². The van der Waals surface area contributed by atoms with Crippen LogP contribution in [0.2, 0.25) is 0 Å². The van der Waals surface area contributed by atoms with Crippen LogP contribution in [-0.4, -0.2) is 45.6 Å². The Kier molecular flexibility index (Phi) is 6.11. The van der Waals surface area contributed by atoms with Crippen LogP contribution in [-0.2, 0) is 14.6 Å². The molecule has 0 aliphatic heterocycles. The fourth-order valence-electron chi connectivity index (χ4n) is 1.85. The van der Waals surface area contributed by atoms with Crippen LogP contribution >= 0.6 is 0 Å². The van der Waals surface area contributed by atoms with Crippen molar-refractivity contribution in [3.63, 3.8) is 0 Å². The number of nitrogens with one attached hydrogen (secondary N) is 1. The van der Waals surface area contributed by atoms with Crippen molar-refractivity contribution in [2.75, 3.05) is 26.4 Å². The van der Waals surface area contributed by atoms with Gasteiger partial charge in [0, 0.05) is 18.8 Å². The normalized spacial score (nSPS) is 13.0. The van der Waals surface area contributed by atoms with Crippen LogP contribution < -0.4 is 5.32 Å². The summed E-state index contributed by atoms with van der Waals surface area (Å²) in [6.07, 6.45) is 2.81. The van der Waals surface area contributed by atoms with E-state index in [0.29, 0.717) is 11.4 Å². The smallest absolute Gasteiger partial charge is 0.234 e. The van der Waals surface area contributed by atoms with Crippen molar-refractivity contribution in [2.24, 2.45) is 0 Å². The van der Waals surface area contributed by atoms with E-state index in [1.165, 1.54) is 6.26 Å². The zero-order valence-electron chi connectivity index (χ0n) is 12.7. The van der Waals surface area contributed by atoms with Crippen molar-refractivity contribution in [1.29, 1.82) is 0 Å². The van der Waals surface area contributed by atoms with Crippen LogP contribution in [0.1, 0.15) is 18.5 Å². The van der Waals surface area contributed by atoms with Gasteiger partial charge in [-0.25, -0.2) is 8.42 Å². The molecule has 116 valence electrons.